The Morgan fingerprint density at radius 3 is 2.56 bits per heavy atom. The molecule has 2 N–H and O–H groups in total. The van der Waals surface area contributed by atoms with Gasteiger partial charge in [-0.1, -0.05) is 0 Å². The van der Waals surface area contributed by atoms with Crippen molar-refractivity contribution in [3.05, 3.63) is 22.0 Å². The van der Waals surface area contributed by atoms with E-state index in [1.54, 1.807) is 6.92 Å². The van der Waals surface area contributed by atoms with Crippen molar-refractivity contribution in [1.82, 2.24) is 0 Å². The zero-order chi connectivity index (χ0) is 12.8. The number of nitrogens with two attached hydrogens (primary N) is 1. The molecule has 0 aliphatic carbocycles. The van der Waals surface area contributed by atoms with Gasteiger partial charge in [0.1, 0.15) is 6.21 Å². The fourth-order valence-corrected chi connectivity index (χ4v) is 0.739. The first-order valence-electron chi connectivity index (χ1n) is 4.64. The first-order valence-corrected chi connectivity index (χ1v) is 4.64. The minimum atomic E-state index is -1.17. The highest BCUT2D eigenvalue weighted by molar-refractivity contribution is 5.84. The average molecular weight is 229 g/mol. The summed E-state index contributed by atoms with van der Waals surface area (Å²) in [5, 5.41) is 10.4. The topological polar surface area (TPSA) is 108 Å². The lowest BCUT2D eigenvalue weighted by Gasteiger charge is -2.16. The Hall–Kier alpha value is -1.92. The summed E-state index contributed by atoms with van der Waals surface area (Å²) in [5.41, 5.74) is 3.48. The van der Waals surface area contributed by atoms with Gasteiger partial charge in [-0.2, -0.15) is 0 Å². The molecule has 0 amide bonds. The number of hydrogen-bond acceptors (Lipinski definition) is 6. The van der Waals surface area contributed by atoms with Crippen LogP contribution in [-0.2, 0) is 9.53 Å². The summed E-state index contributed by atoms with van der Waals surface area (Å²) in [6.45, 7) is 4.89. The fraction of sp³-hybridized carbons (Fsp3) is 0.556. The van der Waals surface area contributed by atoms with Gasteiger partial charge in [-0.15, -0.1) is 0 Å². The molecular weight excluding hydrogens is 214 g/mol. The zero-order valence-corrected chi connectivity index (χ0v) is 9.47. The van der Waals surface area contributed by atoms with E-state index in [4.69, 9.17) is 10.5 Å². The summed E-state index contributed by atoms with van der Waals surface area (Å²) in [6.07, 6.45) is 1.75. The van der Waals surface area contributed by atoms with E-state index in [0.29, 0.717) is 0 Å². The standard InChI is InChI=1S/C9H15N3O4/c1-4-16-8(13)9(2,3)11-6-7(5-10)12(14)15/h5-6H,4,10H2,1-3H3/b7-5+,11-6?. The van der Waals surface area contributed by atoms with Crippen LogP contribution >= 0.6 is 0 Å². The van der Waals surface area contributed by atoms with Gasteiger partial charge in [0.25, 0.3) is 0 Å². The first kappa shape index (κ1) is 14.1. The Morgan fingerprint density at radius 2 is 2.19 bits per heavy atom. The highest BCUT2D eigenvalue weighted by Gasteiger charge is 2.28. The quantitative estimate of drug-likeness (QED) is 0.319. The molecule has 0 aliphatic rings. The van der Waals surface area contributed by atoms with Gasteiger partial charge < -0.3 is 10.5 Å². The van der Waals surface area contributed by atoms with Crippen molar-refractivity contribution in [2.75, 3.05) is 6.61 Å². The van der Waals surface area contributed by atoms with Crippen LogP contribution in [0.4, 0.5) is 0 Å². The molecule has 7 heteroatoms. The van der Waals surface area contributed by atoms with Crippen LogP contribution in [0.2, 0.25) is 0 Å². The normalized spacial score (nSPS) is 12.8. The van der Waals surface area contributed by atoms with Crippen LogP contribution in [0.3, 0.4) is 0 Å². The second-order valence-corrected chi connectivity index (χ2v) is 3.39. The number of carbonyl (C=O) groups excluding carboxylic acids is 1. The number of hydrogen-bond donors (Lipinski definition) is 1. The van der Waals surface area contributed by atoms with Gasteiger partial charge in [-0.25, -0.2) is 4.79 Å². The van der Waals surface area contributed by atoms with Crippen molar-refractivity contribution in [2.24, 2.45) is 10.7 Å². The Balaban J connectivity index is 4.75. The fourth-order valence-electron chi connectivity index (χ4n) is 0.739. The molecule has 90 valence electrons. The maximum atomic E-state index is 11.4. The van der Waals surface area contributed by atoms with Crippen LogP contribution in [0.25, 0.3) is 0 Å². The predicted octanol–water partition coefficient (Wildman–Crippen LogP) is 0.476. The molecule has 0 aromatic heterocycles. The highest BCUT2D eigenvalue weighted by Crippen LogP contribution is 2.11. The predicted molar refractivity (Wildman–Crippen MR) is 58.5 cm³/mol. The number of allylic oxidation sites excluding steroid dienone is 1. The van der Waals surface area contributed by atoms with Crippen LogP contribution in [0.1, 0.15) is 20.8 Å². The molecule has 0 atom stereocenters. The Labute approximate surface area is 93.1 Å². The number of esters is 1. The summed E-state index contributed by atoms with van der Waals surface area (Å²) in [5.74, 6) is -0.550. The van der Waals surface area contributed by atoms with E-state index in [2.05, 4.69) is 4.99 Å². The van der Waals surface area contributed by atoms with Crippen LogP contribution in [0.15, 0.2) is 16.9 Å². The van der Waals surface area contributed by atoms with Crippen molar-refractivity contribution < 1.29 is 14.5 Å². The smallest absolute Gasteiger partial charge is 0.333 e. The molecular formula is C9H15N3O4. The number of rotatable bonds is 5. The van der Waals surface area contributed by atoms with Crippen LogP contribution in [0.5, 0.6) is 0 Å². The summed E-state index contributed by atoms with van der Waals surface area (Å²) >= 11 is 0. The van der Waals surface area contributed by atoms with Crippen LogP contribution in [0, 0.1) is 10.1 Å². The molecule has 16 heavy (non-hydrogen) atoms. The van der Waals surface area contributed by atoms with Crippen molar-refractivity contribution in [1.29, 1.82) is 0 Å². The molecule has 0 aliphatic heterocycles. The summed E-state index contributed by atoms with van der Waals surface area (Å²) in [7, 11) is 0. The van der Waals surface area contributed by atoms with Crippen molar-refractivity contribution >= 4 is 12.2 Å². The summed E-state index contributed by atoms with van der Waals surface area (Å²) in [4.78, 5) is 24.9. The number of carbonyl (C=O) groups is 1. The second-order valence-electron chi connectivity index (χ2n) is 3.39. The van der Waals surface area contributed by atoms with Crippen molar-refractivity contribution in [2.45, 2.75) is 26.3 Å². The molecule has 0 spiro atoms. The molecule has 0 radical (unpaired) electrons. The number of nitrogens with zero attached hydrogens (tertiary/aromatic N) is 2. The number of aliphatic imine (C=N–C) groups is 1. The van der Waals surface area contributed by atoms with Gasteiger partial charge in [-0.05, 0) is 20.8 Å². The Kier molecular flexibility index (Phi) is 5.14. The van der Waals surface area contributed by atoms with E-state index in [1.807, 2.05) is 0 Å². The maximum absolute atomic E-state index is 11.4. The molecule has 0 aromatic carbocycles. The third-order valence-corrected chi connectivity index (χ3v) is 1.68. The van der Waals surface area contributed by atoms with E-state index < -0.39 is 16.4 Å². The van der Waals surface area contributed by atoms with E-state index >= 15 is 0 Å². The maximum Gasteiger partial charge on any atom is 0.333 e. The van der Waals surface area contributed by atoms with E-state index in [9.17, 15) is 14.9 Å². The molecule has 7 nitrogen and oxygen atoms in total. The minimum absolute atomic E-state index is 0.229. The number of nitro groups is 1. The Bertz CT molecular complexity index is 334. The molecule has 0 rings (SSSR count). The van der Waals surface area contributed by atoms with Crippen molar-refractivity contribution in [3.8, 4) is 0 Å². The monoisotopic (exact) mass is 229 g/mol. The first-order chi connectivity index (χ1) is 7.35. The van der Waals surface area contributed by atoms with Gasteiger partial charge in [-0.3, -0.25) is 15.1 Å². The van der Waals surface area contributed by atoms with E-state index in [-0.39, 0.29) is 12.3 Å². The summed E-state index contributed by atoms with van der Waals surface area (Å²) in [6, 6.07) is 0. The lowest BCUT2D eigenvalue weighted by molar-refractivity contribution is -0.414. The van der Waals surface area contributed by atoms with Crippen LogP contribution in [-0.4, -0.2) is 29.3 Å². The average Bonchev–Trinajstić information content (AvgIpc) is 2.18. The second kappa shape index (κ2) is 5.84. The van der Waals surface area contributed by atoms with E-state index in [1.165, 1.54) is 13.8 Å². The molecule has 0 heterocycles. The molecule has 0 saturated heterocycles. The molecule has 0 saturated carbocycles. The van der Waals surface area contributed by atoms with Gasteiger partial charge in [0.15, 0.2) is 5.54 Å². The lowest BCUT2D eigenvalue weighted by atomic mass is 10.1. The molecule has 0 fully saturated rings. The summed E-state index contributed by atoms with van der Waals surface area (Å²) < 4.78 is 4.76. The third kappa shape index (κ3) is 4.07. The van der Waals surface area contributed by atoms with Gasteiger partial charge in [0.2, 0.25) is 0 Å². The molecule has 0 aromatic rings. The lowest BCUT2D eigenvalue weighted by Crippen LogP contribution is -2.32. The van der Waals surface area contributed by atoms with E-state index in [0.717, 1.165) is 12.4 Å². The largest absolute Gasteiger partial charge is 0.464 e. The van der Waals surface area contributed by atoms with Crippen LogP contribution < -0.4 is 5.73 Å². The Morgan fingerprint density at radius 1 is 1.62 bits per heavy atom. The highest BCUT2D eigenvalue weighted by atomic mass is 16.6. The van der Waals surface area contributed by atoms with Crippen molar-refractivity contribution in [3.63, 3.8) is 0 Å². The third-order valence-electron chi connectivity index (χ3n) is 1.68. The van der Waals surface area contributed by atoms with Gasteiger partial charge in [0.05, 0.1) is 17.7 Å². The zero-order valence-electron chi connectivity index (χ0n) is 9.47. The van der Waals surface area contributed by atoms with Gasteiger partial charge >= 0.3 is 11.7 Å². The molecule has 0 unspecified atom stereocenters. The minimum Gasteiger partial charge on any atom is -0.464 e. The van der Waals surface area contributed by atoms with Gasteiger partial charge in [0, 0.05) is 0 Å². The SMILES string of the molecule is CCOC(=O)C(C)(C)N=C/C(=C\N)[N+](=O)[O-]. The number of ether oxygens (including phenoxy) is 1. The molecule has 0 bridgehead atoms.